The molecule has 0 aromatic heterocycles. The molecule has 0 radical (unpaired) electrons. The maximum absolute atomic E-state index is 13.5. The lowest BCUT2D eigenvalue weighted by molar-refractivity contribution is -0.136. The van der Waals surface area contributed by atoms with Gasteiger partial charge >= 0.3 is 5.97 Å². The van der Waals surface area contributed by atoms with Crippen molar-refractivity contribution in [2.45, 2.75) is 32.1 Å². The summed E-state index contributed by atoms with van der Waals surface area (Å²) in [6.07, 6.45) is -0.0598. The van der Waals surface area contributed by atoms with Crippen LogP contribution < -0.4 is 0 Å². The first kappa shape index (κ1) is 12.6. The number of halogens is 2. The average Bonchev–Trinajstić information content (AvgIpc) is 2.17. The topological polar surface area (TPSA) is 37.3 Å². The van der Waals surface area contributed by atoms with Crippen LogP contribution in [0.25, 0.3) is 0 Å². The molecule has 0 heterocycles. The van der Waals surface area contributed by atoms with Crippen molar-refractivity contribution in [2.24, 2.45) is 0 Å². The van der Waals surface area contributed by atoms with E-state index in [1.165, 1.54) is 18.2 Å². The van der Waals surface area contributed by atoms with E-state index in [4.69, 9.17) is 5.11 Å². The van der Waals surface area contributed by atoms with Crippen molar-refractivity contribution < 1.29 is 18.7 Å². The Morgan fingerprint density at radius 2 is 2.12 bits per heavy atom. The van der Waals surface area contributed by atoms with Crippen molar-refractivity contribution in [3.05, 3.63) is 35.4 Å². The molecule has 88 valence electrons. The lowest BCUT2D eigenvalue weighted by Crippen LogP contribution is -2.13. The van der Waals surface area contributed by atoms with Gasteiger partial charge in [0.25, 0.3) is 5.92 Å². The predicted molar refractivity (Wildman–Crippen MR) is 56.6 cm³/mol. The molecule has 0 spiro atoms. The Bertz CT molecular complexity index is 375. The number of rotatable bonds is 5. The largest absolute Gasteiger partial charge is 0.481 e. The van der Waals surface area contributed by atoms with Crippen molar-refractivity contribution >= 4 is 5.97 Å². The molecule has 1 aromatic carbocycles. The third kappa shape index (κ3) is 3.29. The minimum Gasteiger partial charge on any atom is -0.481 e. The average molecular weight is 228 g/mol. The van der Waals surface area contributed by atoms with Crippen LogP contribution >= 0.6 is 0 Å². The number of alkyl halides is 2. The van der Waals surface area contributed by atoms with Crippen molar-refractivity contribution in [1.29, 1.82) is 0 Å². The molecule has 0 atom stereocenters. The summed E-state index contributed by atoms with van der Waals surface area (Å²) in [6.45, 7) is 1.69. The van der Waals surface area contributed by atoms with E-state index in [0.29, 0.717) is 12.0 Å². The highest BCUT2D eigenvalue weighted by atomic mass is 19.3. The number of aliphatic carboxylic acids is 1. The monoisotopic (exact) mass is 228 g/mol. The van der Waals surface area contributed by atoms with Crippen molar-refractivity contribution in [3.8, 4) is 0 Å². The van der Waals surface area contributed by atoms with Gasteiger partial charge in [-0.05, 0) is 11.6 Å². The van der Waals surface area contributed by atoms with Crippen LogP contribution in [0.2, 0.25) is 0 Å². The Kier molecular flexibility index (Phi) is 3.99. The van der Waals surface area contributed by atoms with Gasteiger partial charge in [0.1, 0.15) is 0 Å². The minimum absolute atomic E-state index is 0.104. The molecule has 1 N–H and O–H groups in total. The number of benzene rings is 1. The van der Waals surface area contributed by atoms with E-state index in [0.717, 1.165) is 0 Å². The summed E-state index contributed by atoms with van der Waals surface area (Å²) in [4.78, 5) is 10.5. The van der Waals surface area contributed by atoms with Gasteiger partial charge in [-0.15, -0.1) is 0 Å². The van der Waals surface area contributed by atoms with Crippen LogP contribution in [0.15, 0.2) is 24.3 Å². The second-order valence-corrected chi connectivity index (χ2v) is 3.73. The number of carbonyl (C=O) groups is 1. The van der Waals surface area contributed by atoms with Crippen molar-refractivity contribution in [1.82, 2.24) is 0 Å². The molecule has 2 nitrogen and oxygen atoms in total. The SMILES string of the molecule is CCCC(F)(F)c1cccc(CC(=O)O)c1. The van der Waals surface area contributed by atoms with E-state index < -0.39 is 11.9 Å². The Labute approximate surface area is 92.9 Å². The van der Waals surface area contributed by atoms with E-state index >= 15 is 0 Å². The van der Waals surface area contributed by atoms with Gasteiger partial charge < -0.3 is 5.11 Å². The van der Waals surface area contributed by atoms with Gasteiger partial charge in [-0.25, -0.2) is 8.78 Å². The fourth-order valence-corrected chi connectivity index (χ4v) is 1.54. The van der Waals surface area contributed by atoms with Gasteiger partial charge in [-0.3, -0.25) is 4.79 Å². The van der Waals surface area contributed by atoms with E-state index in [1.54, 1.807) is 13.0 Å². The molecule has 4 heteroatoms. The van der Waals surface area contributed by atoms with Crippen molar-refractivity contribution in [3.63, 3.8) is 0 Å². The molecule has 0 saturated heterocycles. The van der Waals surface area contributed by atoms with Crippen LogP contribution in [0.4, 0.5) is 8.78 Å². The third-order valence-corrected chi connectivity index (χ3v) is 2.27. The van der Waals surface area contributed by atoms with Crippen LogP contribution in [0, 0.1) is 0 Å². The smallest absolute Gasteiger partial charge is 0.307 e. The molecule has 0 unspecified atom stereocenters. The molecule has 0 bridgehead atoms. The number of hydrogen-bond donors (Lipinski definition) is 1. The number of hydrogen-bond acceptors (Lipinski definition) is 1. The van der Waals surface area contributed by atoms with E-state index in [-0.39, 0.29) is 18.4 Å². The lowest BCUT2D eigenvalue weighted by atomic mass is 10.0. The van der Waals surface area contributed by atoms with E-state index in [2.05, 4.69) is 0 Å². The molecule has 0 fully saturated rings. The van der Waals surface area contributed by atoms with E-state index in [1.807, 2.05) is 0 Å². The first-order chi connectivity index (χ1) is 7.45. The lowest BCUT2D eigenvalue weighted by Gasteiger charge is -2.16. The predicted octanol–water partition coefficient (Wildman–Crippen LogP) is 3.21. The molecule has 0 amide bonds. The zero-order chi connectivity index (χ0) is 12.2. The highest BCUT2D eigenvalue weighted by molar-refractivity contribution is 5.70. The maximum Gasteiger partial charge on any atom is 0.307 e. The van der Waals surface area contributed by atoms with Gasteiger partial charge in [0.15, 0.2) is 0 Å². The first-order valence-electron chi connectivity index (χ1n) is 5.14. The standard InChI is InChI=1S/C12H14F2O2/c1-2-6-12(13,14)10-5-3-4-9(7-10)8-11(15)16/h3-5,7H,2,6,8H2,1H3,(H,15,16). The van der Waals surface area contributed by atoms with Gasteiger partial charge in [0, 0.05) is 12.0 Å². The second-order valence-electron chi connectivity index (χ2n) is 3.73. The van der Waals surface area contributed by atoms with Crippen molar-refractivity contribution in [2.75, 3.05) is 0 Å². The molecular formula is C12H14F2O2. The normalized spacial score (nSPS) is 11.4. The van der Waals surface area contributed by atoms with Crippen LogP contribution in [0.5, 0.6) is 0 Å². The highest BCUT2D eigenvalue weighted by Gasteiger charge is 2.30. The summed E-state index contributed by atoms with van der Waals surface area (Å²) in [5.41, 5.74) is 0.300. The molecule has 0 aliphatic rings. The van der Waals surface area contributed by atoms with Gasteiger partial charge in [-0.2, -0.15) is 0 Å². The number of carboxylic acids is 1. The minimum atomic E-state index is -2.87. The fraction of sp³-hybridized carbons (Fsp3) is 0.417. The molecular weight excluding hydrogens is 214 g/mol. The summed E-state index contributed by atoms with van der Waals surface area (Å²) >= 11 is 0. The summed E-state index contributed by atoms with van der Waals surface area (Å²) < 4.78 is 27.1. The van der Waals surface area contributed by atoms with Crippen LogP contribution in [0.3, 0.4) is 0 Å². The van der Waals surface area contributed by atoms with Gasteiger partial charge in [0.2, 0.25) is 0 Å². The fourth-order valence-electron chi connectivity index (χ4n) is 1.54. The van der Waals surface area contributed by atoms with E-state index in [9.17, 15) is 13.6 Å². The maximum atomic E-state index is 13.5. The summed E-state index contributed by atoms with van der Waals surface area (Å²) in [7, 11) is 0. The third-order valence-electron chi connectivity index (χ3n) is 2.27. The zero-order valence-electron chi connectivity index (χ0n) is 9.04. The highest BCUT2D eigenvalue weighted by Crippen LogP contribution is 2.33. The van der Waals surface area contributed by atoms with Crippen LogP contribution in [-0.4, -0.2) is 11.1 Å². The zero-order valence-corrected chi connectivity index (χ0v) is 9.04. The Hall–Kier alpha value is -1.45. The first-order valence-corrected chi connectivity index (χ1v) is 5.14. The molecule has 0 aliphatic carbocycles. The Morgan fingerprint density at radius 1 is 1.44 bits per heavy atom. The quantitative estimate of drug-likeness (QED) is 0.840. The molecule has 1 aromatic rings. The second kappa shape index (κ2) is 5.05. The van der Waals surface area contributed by atoms with Gasteiger partial charge in [-0.1, -0.05) is 31.5 Å². The molecule has 1 rings (SSSR count). The molecule has 0 aliphatic heterocycles. The summed E-state index contributed by atoms with van der Waals surface area (Å²) in [5, 5.41) is 8.58. The summed E-state index contributed by atoms with van der Waals surface area (Å²) in [5.74, 6) is -3.89. The number of carboxylic acid groups (broad SMARTS) is 1. The summed E-state index contributed by atoms with van der Waals surface area (Å²) in [6, 6.07) is 5.61. The molecule has 0 saturated carbocycles. The van der Waals surface area contributed by atoms with Crippen LogP contribution in [0.1, 0.15) is 30.9 Å². The van der Waals surface area contributed by atoms with Crippen LogP contribution in [-0.2, 0) is 17.1 Å². The Balaban J connectivity index is 2.93. The Morgan fingerprint density at radius 3 is 2.69 bits per heavy atom. The van der Waals surface area contributed by atoms with Gasteiger partial charge in [0.05, 0.1) is 6.42 Å². The molecule has 16 heavy (non-hydrogen) atoms.